The first-order valence-corrected chi connectivity index (χ1v) is 3.51. The summed E-state index contributed by atoms with van der Waals surface area (Å²) < 4.78 is 0. The fourth-order valence-corrected chi connectivity index (χ4v) is 1.34. The Morgan fingerprint density at radius 2 is 1.70 bits per heavy atom. The number of carbonyl (C=O) groups excluding carboxylic acids is 1. The molecule has 1 saturated carbocycles. The Bertz CT molecular complexity index is 108. The summed E-state index contributed by atoms with van der Waals surface area (Å²) in [5.74, 6) is -0.992. The molecule has 1 rings (SSSR count). The van der Waals surface area contributed by atoms with Crippen molar-refractivity contribution in [3.63, 3.8) is 0 Å². The SMILES string of the molecule is O=C([O-])C1CCCCC1.[Ag+]. The molecule has 1 fully saturated rings. The van der Waals surface area contributed by atoms with Crippen LogP contribution in [0, 0.1) is 5.92 Å². The molecule has 0 atom stereocenters. The Kier molecular flexibility index (Phi) is 5.04. The molecule has 1 aliphatic rings. The first-order chi connectivity index (χ1) is 4.30. The van der Waals surface area contributed by atoms with E-state index < -0.39 is 5.97 Å². The molecule has 0 heterocycles. The molecular formula is C7H11AgO2. The molecule has 0 saturated heterocycles. The fourth-order valence-electron chi connectivity index (χ4n) is 1.34. The average molecular weight is 235 g/mol. The Morgan fingerprint density at radius 3 is 2.00 bits per heavy atom. The van der Waals surface area contributed by atoms with Crippen LogP contribution in [-0.4, -0.2) is 5.97 Å². The van der Waals surface area contributed by atoms with Crippen LogP contribution >= 0.6 is 0 Å². The topological polar surface area (TPSA) is 40.1 Å². The Balaban J connectivity index is 0.000000810. The van der Waals surface area contributed by atoms with Crippen molar-refractivity contribution in [3.05, 3.63) is 0 Å². The van der Waals surface area contributed by atoms with Gasteiger partial charge in [0.05, 0.1) is 0 Å². The van der Waals surface area contributed by atoms with Crippen molar-refractivity contribution in [2.24, 2.45) is 5.92 Å². The van der Waals surface area contributed by atoms with Crippen LogP contribution in [-0.2, 0) is 27.2 Å². The van der Waals surface area contributed by atoms with Crippen LogP contribution in [0.5, 0.6) is 0 Å². The quantitative estimate of drug-likeness (QED) is 0.614. The Morgan fingerprint density at radius 1 is 1.20 bits per heavy atom. The summed E-state index contributed by atoms with van der Waals surface area (Å²) in [6, 6.07) is 0. The van der Waals surface area contributed by atoms with E-state index in [2.05, 4.69) is 0 Å². The normalized spacial score (nSPS) is 19.6. The predicted octanol–water partition coefficient (Wildman–Crippen LogP) is 0.314. The number of carboxylic acids is 1. The van der Waals surface area contributed by atoms with Gasteiger partial charge in [0.25, 0.3) is 0 Å². The minimum absolute atomic E-state index is 0. The van der Waals surface area contributed by atoms with Crippen molar-refractivity contribution in [3.8, 4) is 0 Å². The first-order valence-electron chi connectivity index (χ1n) is 3.51. The van der Waals surface area contributed by atoms with Crippen LogP contribution in [0.15, 0.2) is 0 Å². The largest absolute Gasteiger partial charge is 1.00 e. The predicted molar refractivity (Wildman–Crippen MR) is 31.6 cm³/mol. The van der Waals surface area contributed by atoms with Gasteiger partial charge in [-0.1, -0.05) is 19.3 Å². The number of hydrogen-bond acceptors (Lipinski definition) is 2. The molecule has 62 valence electrons. The summed E-state index contributed by atoms with van der Waals surface area (Å²) in [5.41, 5.74) is 0. The minimum Gasteiger partial charge on any atom is -0.550 e. The molecule has 0 aromatic heterocycles. The molecule has 1 aliphatic carbocycles. The van der Waals surface area contributed by atoms with Gasteiger partial charge < -0.3 is 9.90 Å². The first kappa shape index (κ1) is 10.2. The average Bonchev–Trinajstić information content (AvgIpc) is 1.90. The fraction of sp³-hybridized carbons (Fsp3) is 0.857. The number of carboxylic acid groups (broad SMARTS) is 1. The van der Waals surface area contributed by atoms with Gasteiger partial charge in [0.2, 0.25) is 0 Å². The molecule has 3 heteroatoms. The van der Waals surface area contributed by atoms with E-state index in [4.69, 9.17) is 0 Å². The molecule has 10 heavy (non-hydrogen) atoms. The maximum atomic E-state index is 10.2. The van der Waals surface area contributed by atoms with Gasteiger partial charge >= 0.3 is 22.4 Å². The third-order valence-electron chi connectivity index (χ3n) is 1.94. The smallest absolute Gasteiger partial charge is 0.550 e. The molecule has 0 radical (unpaired) electrons. The summed E-state index contributed by atoms with van der Waals surface area (Å²) in [6.45, 7) is 0. The van der Waals surface area contributed by atoms with Gasteiger partial charge in [0, 0.05) is 5.97 Å². The zero-order valence-corrected chi connectivity index (χ0v) is 7.21. The molecule has 0 unspecified atom stereocenters. The van der Waals surface area contributed by atoms with Gasteiger partial charge in [-0.25, -0.2) is 0 Å². The van der Waals surface area contributed by atoms with Gasteiger partial charge in [-0.3, -0.25) is 0 Å². The third kappa shape index (κ3) is 2.86. The Labute approximate surface area is 76.5 Å². The van der Waals surface area contributed by atoms with Crippen LogP contribution in [0.25, 0.3) is 0 Å². The van der Waals surface area contributed by atoms with Crippen LogP contribution in [0.1, 0.15) is 32.1 Å². The summed E-state index contributed by atoms with van der Waals surface area (Å²) >= 11 is 0. The Hall–Kier alpha value is 0.210. The molecule has 0 aromatic carbocycles. The van der Waals surface area contributed by atoms with E-state index in [1.165, 1.54) is 6.42 Å². The molecule has 0 N–H and O–H groups in total. The molecule has 2 nitrogen and oxygen atoms in total. The molecular weight excluding hydrogens is 224 g/mol. The van der Waals surface area contributed by atoms with E-state index in [1.807, 2.05) is 0 Å². The number of carbonyl (C=O) groups is 1. The maximum Gasteiger partial charge on any atom is 1.00 e. The van der Waals surface area contributed by atoms with Crippen molar-refractivity contribution in [1.29, 1.82) is 0 Å². The van der Waals surface area contributed by atoms with E-state index in [0.717, 1.165) is 25.7 Å². The van der Waals surface area contributed by atoms with Crippen molar-refractivity contribution < 1.29 is 32.3 Å². The van der Waals surface area contributed by atoms with Crippen LogP contribution in [0.2, 0.25) is 0 Å². The van der Waals surface area contributed by atoms with Gasteiger partial charge in [0.15, 0.2) is 0 Å². The summed E-state index contributed by atoms with van der Waals surface area (Å²) in [4.78, 5) is 10.2. The summed E-state index contributed by atoms with van der Waals surface area (Å²) in [6.07, 6.45) is 5.01. The second kappa shape index (κ2) is 4.94. The van der Waals surface area contributed by atoms with Gasteiger partial charge in [-0.2, -0.15) is 0 Å². The van der Waals surface area contributed by atoms with Gasteiger partial charge in [-0.15, -0.1) is 0 Å². The van der Waals surface area contributed by atoms with E-state index >= 15 is 0 Å². The maximum absolute atomic E-state index is 10.2. The van der Waals surface area contributed by atoms with E-state index in [-0.39, 0.29) is 28.3 Å². The molecule has 0 bridgehead atoms. The molecule has 0 spiro atoms. The third-order valence-corrected chi connectivity index (χ3v) is 1.94. The summed E-state index contributed by atoms with van der Waals surface area (Å²) in [7, 11) is 0. The molecule has 0 aromatic rings. The van der Waals surface area contributed by atoms with Crippen LogP contribution in [0.4, 0.5) is 0 Å². The van der Waals surface area contributed by atoms with Crippen molar-refractivity contribution in [1.82, 2.24) is 0 Å². The second-order valence-electron chi connectivity index (χ2n) is 2.65. The zero-order valence-electron chi connectivity index (χ0n) is 5.73. The summed E-state index contributed by atoms with van der Waals surface area (Å²) in [5, 5.41) is 10.2. The number of rotatable bonds is 1. The van der Waals surface area contributed by atoms with Gasteiger partial charge in [0.1, 0.15) is 0 Å². The van der Waals surface area contributed by atoms with Crippen LogP contribution in [0.3, 0.4) is 0 Å². The van der Waals surface area contributed by atoms with E-state index in [0.29, 0.717) is 0 Å². The standard InChI is InChI=1S/C7H12O2.Ag/c8-7(9)6-4-2-1-3-5-6;/h6H,1-5H2,(H,8,9);/q;+1/p-1. The number of aliphatic carboxylic acids is 1. The van der Waals surface area contributed by atoms with Crippen molar-refractivity contribution in [2.45, 2.75) is 32.1 Å². The van der Waals surface area contributed by atoms with Crippen LogP contribution < -0.4 is 5.11 Å². The molecule has 0 aliphatic heterocycles. The van der Waals surface area contributed by atoms with Crippen molar-refractivity contribution >= 4 is 5.97 Å². The zero-order chi connectivity index (χ0) is 6.69. The number of hydrogen-bond donors (Lipinski definition) is 0. The minimum atomic E-state index is -0.852. The second-order valence-corrected chi connectivity index (χ2v) is 2.65. The molecule has 0 amide bonds. The van der Waals surface area contributed by atoms with E-state index in [1.54, 1.807) is 0 Å². The monoisotopic (exact) mass is 234 g/mol. The van der Waals surface area contributed by atoms with Gasteiger partial charge in [-0.05, 0) is 18.8 Å². The van der Waals surface area contributed by atoms with Crippen molar-refractivity contribution in [2.75, 3.05) is 0 Å². The van der Waals surface area contributed by atoms with E-state index in [9.17, 15) is 9.90 Å².